The molecule has 0 bridgehead atoms. The number of unbranched alkanes of at least 4 members (excludes halogenated alkanes) is 5. The van der Waals surface area contributed by atoms with Crippen LogP contribution in [0.3, 0.4) is 0 Å². The van der Waals surface area contributed by atoms with E-state index < -0.39 is 12.1 Å². The van der Waals surface area contributed by atoms with Gasteiger partial charge in [0.15, 0.2) is 12.2 Å². The summed E-state index contributed by atoms with van der Waals surface area (Å²) in [7, 11) is 0. The summed E-state index contributed by atoms with van der Waals surface area (Å²) in [6.07, 6.45) is 23.0. The Morgan fingerprint density at radius 1 is 0.758 bits per heavy atom. The predicted octanol–water partition coefficient (Wildman–Crippen LogP) is 6.95. The highest BCUT2D eigenvalue weighted by Crippen LogP contribution is 2.26. The highest BCUT2D eigenvalue weighted by Gasteiger charge is 2.17. The Bertz CT molecular complexity index is 1970. The van der Waals surface area contributed by atoms with Crippen molar-refractivity contribution in [1.29, 1.82) is 0 Å². The first-order valence-corrected chi connectivity index (χ1v) is 22.8. The van der Waals surface area contributed by atoms with Gasteiger partial charge in [0, 0.05) is 68.9 Å². The Morgan fingerprint density at radius 2 is 1.33 bits per heavy atom. The summed E-state index contributed by atoms with van der Waals surface area (Å²) in [5.74, 6) is -0.398. The van der Waals surface area contributed by atoms with Crippen molar-refractivity contribution in [3.8, 4) is 18.0 Å². The van der Waals surface area contributed by atoms with Gasteiger partial charge >= 0.3 is 24.0 Å². The first-order chi connectivity index (χ1) is 32.2. The number of aliphatic carboxylic acids is 1. The van der Waals surface area contributed by atoms with Crippen molar-refractivity contribution >= 4 is 30.2 Å². The third-order valence-electron chi connectivity index (χ3n) is 9.57. The Hall–Kier alpha value is -6.40. The topological polar surface area (TPSA) is 242 Å². The zero-order valence-electron chi connectivity index (χ0n) is 38.6. The van der Waals surface area contributed by atoms with Gasteiger partial charge in [-0.3, -0.25) is 24.7 Å². The number of amides is 1. The van der Waals surface area contributed by atoms with E-state index >= 15 is 0 Å². The lowest BCUT2D eigenvalue weighted by Crippen LogP contribution is -2.43. The van der Waals surface area contributed by atoms with Gasteiger partial charge in [0.05, 0.1) is 44.5 Å². The maximum Gasteiger partial charge on any atom is 0.316 e. The Balaban J connectivity index is 0.000000287. The summed E-state index contributed by atoms with van der Waals surface area (Å²) in [5.41, 5.74) is 3.32. The second-order valence-electron chi connectivity index (χ2n) is 14.9. The molecule has 1 aliphatic heterocycles. The summed E-state index contributed by atoms with van der Waals surface area (Å²) >= 11 is 0. The van der Waals surface area contributed by atoms with Crippen LogP contribution < -0.4 is 24.8 Å². The lowest BCUT2D eigenvalue weighted by Gasteiger charge is -2.15. The summed E-state index contributed by atoms with van der Waals surface area (Å²) < 4.78 is 21.1. The summed E-state index contributed by atoms with van der Waals surface area (Å²) in [5, 5.41) is 25.1. The number of rotatable bonds is 27. The molecule has 1 aromatic carbocycles. The van der Waals surface area contributed by atoms with Gasteiger partial charge in [0.2, 0.25) is 5.91 Å². The lowest BCUT2D eigenvalue weighted by atomic mass is 9.92. The van der Waals surface area contributed by atoms with E-state index in [4.69, 9.17) is 18.9 Å². The quantitative estimate of drug-likeness (QED) is 0.0349. The predicted molar refractivity (Wildman–Crippen MR) is 250 cm³/mol. The third kappa shape index (κ3) is 24.6. The maximum absolute atomic E-state index is 11.9. The molecule has 0 saturated carbocycles. The molecule has 0 saturated heterocycles. The van der Waals surface area contributed by atoms with Crippen LogP contribution >= 0.6 is 0 Å². The van der Waals surface area contributed by atoms with E-state index in [1.165, 1.54) is 18.0 Å². The smallest absolute Gasteiger partial charge is 0.316 e. The van der Waals surface area contributed by atoms with E-state index in [2.05, 4.69) is 57.7 Å². The second kappa shape index (κ2) is 34.0. The van der Waals surface area contributed by atoms with Crippen molar-refractivity contribution in [2.75, 3.05) is 39.5 Å². The number of carboxylic acids is 1. The first-order valence-electron chi connectivity index (χ1n) is 22.8. The second-order valence-corrected chi connectivity index (χ2v) is 14.9. The van der Waals surface area contributed by atoms with Crippen LogP contribution in [-0.4, -0.2) is 110 Å². The molecule has 2 atom stereocenters. The van der Waals surface area contributed by atoms with Crippen molar-refractivity contribution in [2.45, 2.75) is 116 Å². The molecule has 5 rings (SSSR count). The van der Waals surface area contributed by atoms with E-state index in [1.54, 1.807) is 30.9 Å². The Labute approximate surface area is 388 Å². The standard InChI is InChI=1S/C21H28N2O3.C20H31N5O4.C7H8N2O2/c1-2-26-21-22-15-19(16-23-21)12-13-20(24)11-7-4-8-14-25-17-18-9-5-3-6-10-18;1-2-29-20-23-13-16(14-24-20)15(12-18(27)28)8-5-3-4-6-9-17(26)25-19-21-10-7-11-22-19;1-2-11-7-8-3-6(5-10)4-9-7/h3,5-6,9-10,12-13,15-16,20,24H,2,4,7-8,11,14,17H2,1H3;13-15H,2-12H2,1H3,(H,27,28)(H2,21,22,25,26);3-5H,2H2,1H3/b13-12+;;/t20-;15-;/m10./s1. The van der Waals surface area contributed by atoms with E-state index in [0.29, 0.717) is 68.7 Å². The molecule has 0 spiro atoms. The SMILES string of the molecule is CCOc1ncc(/C=C/[C@H](O)CCCCCOCc2ccccc2)cn1.CCOc1ncc(C=O)cn1.CCOc1ncc([C@@H](CCCCCCC(=O)NC2=NCCCN2)CC(=O)O)cn1. The number of carboxylic acid groups (broad SMARTS) is 1. The zero-order valence-corrected chi connectivity index (χ0v) is 38.6. The van der Waals surface area contributed by atoms with E-state index in [1.807, 2.05) is 45.0 Å². The molecule has 4 aromatic rings. The molecular formula is C48H67N9O9. The minimum absolute atomic E-state index is 0.0200. The number of aromatic nitrogens is 6. The van der Waals surface area contributed by atoms with Crippen LogP contribution in [0.4, 0.5) is 0 Å². The van der Waals surface area contributed by atoms with Crippen LogP contribution in [0.15, 0.2) is 78.6 Å². The highest BCUT2D eigenvalue weighted by atomic mass is 16.5. The number of nitrogens with one attached hydrogen (secondary N) is 2. The van der Waals surface area contributed by atoms with Gasteiger partial charge in [-0.25, -0.2) is 29.9 Å². The fourth-order valence-corrected chi connectivity index (χ4v) is 6.20. The van der Waals surface area contributed by atoms with Crippen LogP contribution in [-0.2, 0) is 20.9 Å². The van der Waals surface area contributed by atoms with E-state index in [-0.39, 0.29) is 18.2 Å². The van der Waals surface area contributed by atoms with Crippen LogP contribution in [0, 0.1) is 0 Å². The molecule has 18 nitrogen and oxygen atoms in total. The molecular weight excluding hydrogens is 847 g/mol. The van der Waals surface area contributed by atoms with Gasteiger partial charge in [0.25, 0.3) is 0 Å². The average molecular weight is 914 g/mol. The number of hydrogen-bond donors (Lipinski definition) is 4. The molecule has 66 heavy (non-hydrogen) atoms. The monoisotopic (exact) mass is 914 g/mol. The summed E-state index contributed by atoms with van der Waals surface area (Å²) in [6, 6.07) is 11.2. The number of aliphatic hydroxyl groups is 1. The number of hydrogen-bond acceptors (Lipinski definition) is 16. The number of aliphatic imine (C=N–C) groups is 1. The van der Waals surface area contributed by atoms with E-state index in [9.17, 15) is 24.6 Å². The molecule has 0 aliphatic carbocycles. The number of carbonyl (C=O) groups excluding carboxylic acids is 2. The van der Waals surface area contributed by atoms with Crippen molar-refractivity contribution in [2.24, 2.45) is 4.99 Å². The lowest BCUT2D eigenvalue weighted by molar-refractivity contribution is -0.137. The molecule has 18 heteroatoms. The minimum atomic E-state index is -0.834. The van der Waals surface area contributed by atoms with Gasteiger partial charge in [-0.05, 0) is 69.9 Å². The zero-order chi connectivity index (χ0) is 47.5. The normalized spacial score (nSPS) is 12.8. The van der Waals surface area contributed by atoms with Crippen LogP contribution in [0.1, 0.15) is 131 Å². The Morgan fingerprint density at radius 3 is 1.91 bits per heavy atom. The molecule has 1 amide bonds. The molecule has 0 fully saturated rings. The number of guanidine groups is 1. The van der Waals surface area contributed by atoms with Crippen molar-refractivity contribution in [1.82, 2.24) is 40.5 Å². The average Bonchev–Trinajstić information content (AvgIpc) is 3.33. The number of carbonyl (C=O) groups is 3. The number of ether oxygens (including phenoxy) is 4. The molecule has 3 aromatic heterocycles. The number of benzene rings is 1. The third-order valence-corrected chi connectivity index (χ3v) is 9.57. The maximum atomic E-state index is 11.9. The van der Waals surface area contributed by atoms with Gasteiger partial charge in [-0.2, -0.15) is 0 Å². The van der Waals surface area contributed by atoms with Crippen molar-refractivity contribution in [3.05, 3.63) is 95.8 Å². The number of nitrogens with zero attached hydrogens (tertiary/aromatic N) is 7. The van der Waals surface area contributed by atoms with Gasteiger partial charge < -0.3 is 34.5 Å². The molecule has 358 valence electrons. The summed E-state index contributed by atoms with van der Waals surface area (Å²) in [6.45, 7) is 10.2. The van der Waals surface area contributed by atoms with Crippen LogP contribution in [0.5, 0.6) is 18.0 Å². The largest absolute Gasteiger partial charge is 0.481 e. The van der Waals surface area contributed by atoms with Crippen molar-refractivity contribution < 1.29 is 43.5 Å². The molecule has 1 aliphatic rings. The molecule has 4 heterocycles. The van der Waals surface area contributed by atoms with Gasteiger partial charge in [-0.15, -0.1) is 0 Å². The van der Waals surface area contributed by atoms with Crippen LogP contribution in [0.2, 0.25) is 0 Å². The van der Waals surface area contributed by atoms with Gasteiger partial charge in [0.1, 0.15) is 0 Å². The van der Waals surface area contributed by atoms with Gasteiger partial charge in [-0.1, -0.05) is 74.6 Å². The fraction of sp³-hybridized carbons (Fsp3) is 0.500. The number of aliphatic hydroxyl groups excluding tert-OH is 1. The molecule has 0 radical (unpaired) electrons. The Kier molecular flexibility index (Phi) is 27.8. The minimum Gasteiger partial charge on any atom is -0.481 e. The number of aldehydes is 1. The molecule has 4 N–H and O–H groups in total. The van der Waals surface area contributed by atoms with Crippen LogP contribution in [0.25, 0.3) is 6.08 Å². The fourth-order valence-electron chi connectivity index (χ4n) is 6.20. The first kappa shape index (κ1) is 53.9. The highest BCUT2D eigenvalue weighted by molar-refractivity contribution is 5.97. The summed E-state index contributed by atoms with van der Waals surface area (Å²) in [4.78, 5) is 61.5. The molecule has 0 unspecified atom stereocenters. The van der Waals surface area contributed by atoms with E-state index in [0.717, 1.165) is 95.0 Å². The van der Waals surface area contributed by atoms with Crippen molar-refractivity contribution in [3.63, 3.8) is 0 Å².